The van der Waals surface area contributed by atoms with E-state index in [1.165, 1.54) is 19.4 Å². The quantitative estimate of drug-likeness (QED) is 0.737. The molecule has 92 valence electrons. The van der Waals surface area contributed by atoms with Crippen LogP contribution in [0.25, 0.3) is 0 Å². The number of amides is 1. The van der Waals surface area contributed by atoms with E-state index >= 15 is 0 Å². The number of rotatable bonds is 2. The van der Waals surface area contributed by atoms with E-state index in [-0.39, 0.29) is 11.2 Å². The molecule has 0 aliphatic carbocycles. The predicted octanol–water partition coefficient (Wildman–Crippen LogP) is 1.25. The van der Waals surface area contributed by atoms with Gasteiger partial charge in [-0.1, -0.05) is 13.8 Å². The second-order valence-electron chi connectivity index (χ2n) is 5.31. The van der Waals surface area contributed by atoms with Gasteiger partial charge in [-0.25, -0.2) is 0 Å². The van der Waals surface area contributed by atoms with E-state index in [0.717, 1.165) is 19.6 Å². The van der Waals surface area contributed by atoms with Gasteiger partial charge in [-0.15, -0.1) is 0 Å². The predicted molar refractivity (Wildman–Crippen MR) is 68.8 cm³/mol. The lowest BCUT2D eigenvalue weighted by molar-refractivity contribution is -0.133. The molecule has 4 heteroatoms. The van der Waals surface area contributed by atoms with E-state index in [2.05, 4.69) is 31.4 Å². The van der Waals surface area contributed by atoms with Crippen LogP contribution < -0.4 is 0 Å². The third-order valence-corrected chi connectivity index (χ3v) is 4.60. The Kier molecular flexibility index (Phi) is 3.80. The Morgan fingerprint density at radius 2 is 2.06 bits per heavy atom. The van der Waals surface area contributed by atoms with E-state index in [1.54, 1.807) is 0 Å². The van der Waals surface area contributed by atoms with Crippen molar-refractivity contribution >= 4 is 18.5 Å². The molecular weight excluding hydrogens is 220 g/mol. The second-order valence-corrected chi connectivity index (χ2v) is 5.86. The van der Waals surface area contributed by atoms with Gasteiger partial charge in [0.25, 0.3) is 0 Å². The third-order valence-electron chi connectivity index (χ3n) is 3.78. The van der Waals surface area contributed by atoms with Crippen LogP contribution >= 0.6 is 12.6 Å². The van der Waals surface area contributed by atoms with Crippen molar-refractivity contribution in [2.45, 2.75) is 38.0 Å². The maximum absolute atomic E-state index is 12.2. The zero-order valence-electron chi connectivity index (χ0n) is 10.2. The maximum atomic E-state index is 12.2. The highest BCUT2D eigenvalue weighted by Crippen LogP contribution is 2.23. The minimum atomic E-state index is -0.132. The lowest BCUT2D eigenvalue weighted by Crippen LogP contribution is -2.54. The molecule has 2 aliphatic heterocycles. The van der Waals surface area contributed by atoms with Crippen LogP contribution in [0.3, 0.4) is 0 Å². The Hall–Kier alpha value is -0.220. The van der Waals surface area contributed by atoms with Crippen molar-refractivity contribution in [1.29, 1.82) is 0 Å². The molecule has 0 aromatic heterocycles. The zero-order chi connectivity index (χ0) is 11.7. The highest BCUT2D eigenvalue weighted by molar-refractivity contribution is 7.81. The minimum Gasteiger partial charge on any atom is -0.339 e. The number of thiol groups is 1. The molecule has 1 amide bonds. The Balaban J connectivity index is 1.93. The third kappa shape index (κ3) is 2.38. The minimum absolute atomic E-state index is 0.132. The van der Waals surface area contributed by atoms with Gasteiger partial charge in [-0.3, -0.25) is 9.69 Å². The molecular formula is C12H22N2OS. The van der Waals surface area contributed by atoms with E-state index in [9.17, 15) is 4.79 Å². The Labute approximate surface area is 104 Å². The molecule has 0 saturated carbocycles. The number of nitrogens with zero attached hydrogens (tertiary/aromatic N) is 2. The summed E-state index contributed by atoms with van der Waals surface area (Å²) in [5.74, 6) is 0.544. The first-order valence-corrected chi connectivity index (χ1v) is 6.82. The molecule has 2 unspecified atom stereocenters. The van der Waals surface area contributed by atoms with Gasteiger partial charge < -0.3 is 4.90 Å². The second kappa shape index (κ2) is 4.96. The van der Waals surface area contributed by atoms with Gasteiger partial charge in [-0.2, -0.15) is 12.6 Å². The largest absolute Gasteiger partial charge is 0.339 e. The molecule has 2 heterocycles. The number of carbonyl (C=O) groups excluding carboxylic acids is 1. The molecule has 2 atom stereocenters. The maximum Gasteiger partial charge on any atom is 0.235 e. The van der Waals surface area contributed by atoms with Crippen LogP contribution in [0.2, 0.25) is 0 Å². The van der Waals surface area contributed by atoms with Crippen LogP contribution in [-0.2, 0) is 4.79 Å². The van der Waals surface area contributed by atoms with Gasteiger partial charge in [0.2, 0.25) is 5.91 Å². The number of carbonyl (C=O) groups is 1. The SMILES string of the molecule is CC(C)C(S)C(=O)N1CCN2CCCC2C1. The van der Waals surface area contributed by atoms with Gasteiger partial charge in [-0.05, 0) is 25.3 Å². The number of hydrogen-bond donors (Lipinski definition) is 1. The van der Waals surface area contributed by atoms with Crippen LogP contribution in [0, 0.1) is 5.92 Å². The number of hydrogen-bond acceptors (Lipinski definition) is 3. The van der Waals surface area contributed by atoms with E-state index < -0.39 is 0 Å². The molecule has 2 fully saturated rings. The molecule has 2 saturated heterocycles. The van der Waals surface area contributed by atoms with Gasteiger partial charge in [0, 0.05) is 25.7 Å². The van der Waals surface area contributed by atoms with Gasteiger partial charge in [0.1, 0.15) is 0 Å². The average molecular weight is 242 g/mol. The van der Waals surface area contributed by atoms with Crippen molar-refractivity contribution in [2.75, 3.05) is 26.2 Å². The Morgan fingerprint density at radius 3 is 2.75 bits per heavy atom. The molecule has 2 rings (SSSR count). The summed E-state index contributed by atoms with van der Waals surface area (Å²) in [5.41, 5.74) is 0. The normalized spacial score (nSPS) is 28.2. The standard InChI is InChI=1S/C12H22N2OS/c1-9(2)11(16)12(15)14-7-6-13-5-3-4-10(13)8-14/h9-11,16H,3-8H2,1-2H3. The summed E-state index contributed by atoms with van der Waals surface area (Å²) in [4.78, 5) is 16.7. The summed E-state index contributed by atoms with van der Waals surface area (Å²) in [7, 11) is 0. The lowest BCUT2D eigenvalue weighted by atomic mass is 10.1. The Bertz CT molecular complexity index is 270. The van der Waals surface area contributed by atoms with Crippen molar-refractivity contribution in [3.05, 3.63) is 0 Å². The fourth-order valence-electron chi connectivity index (χ4n) is 2.66. The van der Waals surface area contributed by atoms with Crippen molar-refractivity contribution in [1.82, 2.24) is 9.80 Å². The molecule has 0 aromatic carbocycles. The van der Waals surface area contributed by atoms with Crippen LogP contribution in [0.4, 0.5) is 0 Å². The summed E-state index contributed by atoms with van der Waals surface area (Å²) in [6.45, 7) is 8.20. The molecule has 0 radical (unpaired) electrons. The topological polar surface area (TPSA) is 23.6 Å². The molecule has 0 aromatic rings. The molecule has 0 bridgehead atoms. The van der Waals surface area contributed by atoms with Gasteiger partial charge in [0.05, 0.1) is 5.25 Å². The van der Waals surface area contributed by atoms with Crippen molar-refractivity contribution in [2.24, 2.45) is 5.92 Å². The van der Waals surface area contributed by atoms with Crippen molar-refractivity contribution in [3.63, 3.8) is 0 Å². The summed E-state index contributed by atoms with van der Waals surface area (Å²) in [6, 6.07) is 0.616. The highest BCUT2D eigenvalue weighted by Gasteiger charge is 2.34. The molecule has 0 N–H and O–H groups in total. The van der Waals surface area contributed by atoms with Crippen LogP contribution in [0.5, 0.6) is 0 Å². The number of fused-ring (bicyclic) bond motifs is 1. The summed E-state index contributed by atoms with van der Waals surface area (Å²) >= 11 is 4.42. The Morgan fingerprint density at radius 1 is 1.31 bits per heavy atom. The first-order chi connectivity index (χ1) is 7.59. The molecule has 3 nitrogen and oxygen atoms in total. The van der Waals surface area contributed by atoms with Crippen molar-refractivity contribution < 1.29 is 4.79 Å². The first-order valence-electron chi connectivity index (χ1n) is 6.30. The van der Waals surface area contributed by atoms with E-state index in [0.29, 0.717) is 12.0 Å². The molecule has 0 spiro atoms. The fraction of sp³-hybridized carbons (Fsp3) is 0.917. The van der Waals surface area contributed by atoms with E-state index in [1.807, 2.05) is 4.90 Å². The van der Waals surface area contributed by atoms with Crippen LogP contribution in [-0.4, -0.2) is 53.2 Å². The van der Waals surface area contributed by atoms with Crippen LogP contribution in [0.15, 0.2) is 0 Å². The number of piperazine rings is 1. The molecule has 16 heavy (non-hydrogen) atoms. The van der Waals surface area contributed by atoms with Gasteiger partial charge in [0.15, 0.2) is 0 Å². The summed E-state index contributed by atoms with van der Waals surface area (Å²) in [6.07, 6.45) is 2.55. The fourth-order valence-corrected chi connectivity index (χ4v) is 2.83. The summed E-state index contributed by atoms with van der Waals surface area (Å²) in [5, 5.41) is -0.132. The molecule has 2 aliphatic rings. The summed E-state index contributed by atoms with van der Waals surface area (Å²) < 4.78 is 0. The smallest absolute Gasteiger partial charge is 0.235 e. The average Bonchev–Trinajstić information content (AvgIpc) is 2.73. The first kappa shape index (κ1) is 12.2. The van der Waals surface area contributed by atoms with Gasteiger partial charge >= 0.3 is 0 Å². The van der Waals surface area contributed by atoms with E-state index in [4.69, 9.17) is 0 Å². The van der Waals surface area contributed by atoms with Crippen LogP contribution in [0.1, 0.15) is 26.7 Å². The monoisotopic (exact) mass is 242 g/mol. The zero-order valence-corrected chi connectivity index (χ0v) is 11.1. The van der Waals surface area contributed by atoms with Crippen molar-refractivity contribution in [3.8, 4) is 0 Å². The highest BCUT2D eigenvalue weighted by atomic mass is 32.1. The lowest BCUT2D eigenvalue weighted by Gasteiger charge is -2.38.